The van der Waals surface area contributed by atoms with Crippen molar-refractivity contribution in [3.63, 3.8) is 0 Å². The van der Waals surface area contributed by atoms with Crippen LogP contribution in [0.2, 0.25) is 0 Å². The molecule has 0 saturated carbocycles. The number of aryl methyl sites for hydroxylation is 1. The van der Waals surface area contributed by atoms with E-state index in [1.807, 2.05) is 55.5 Å². The van der Waals surface area contributed by atoms with Gasteiger partial charge in [-0.25, -0.2) is 0 Å². The van der Waals surface area contributed by atoms with Gasteiger partial charge in [0, 0.05) is 5.39 Å². The van der Waals surface area contributed by atoms with E-state index < -0.39 is 5.60 Å². The molecule has 1 heterocycles. The predicted octanol–water partition coefficient (Wildman–Crippen LogP) is 4.00. The Labute approximate surface area is 112 Å². The molecule has 1 N–H and O–H groups in total. The van der Waals surface area contributed by atoms with Crippen LogP contribution in [0, 0.1) is 6.92 Å². The average molecular weight is 252 g/mol. The SMILES string of the molecule is Cc1ccc2oc(C(C)(O)c3ccccc3)cc2c1. The van der Waals surface area contributed by atoms with Crippen molar-refractivity contribution in [2.24, 2.45) is 0 Å². The van der Waals surface area contributed by atoms with Crippen LogP contribution >= 0.6 is 0 Å². The molecule has 0 amide bonds. The van der Waals surface area contributed by atoms with E-state index in [9.17, 15) is 5.11 Å². The zero-order valence-electron chi connectivity index (χ0n) is 11.1. The Kier molecular flexibility index (Phi) is 2.68. The summed E-state index contributed by atoms with van der Waals surface area (Å²) in [4.78, 5) is 0. The molecule has 0 aliphatic rings. The molecule has 1 unspecified atom stereocenters. The summed E-state index contributed by atoms with van der Waals surface area (Å²) < 4.78 is 5.79. The highest BCUT2D eigenvalue weighted by molar-refractivity contribution is 5.79. The highest BCUT2D eigenvalue weighted by Crippen LogP contribution is 2.33. The summed E-state index contributed by atoms with van der Waals surface area (Å²) in [7, 11) is 0. The third-order valence-electron chi connectivity index (χ3n) is 3.49. The first kappa shape index (κ1) is 12.0. The van der Waals surface area contributed by atoms with Gasteiger partial charge in [-0.2, -0.15) is 0 Å². The Morgan fingerprint density at radius 1 is 1.00 bits per heavy atom. The largest absolute Gasteiger partial charge is 0.458 e. The first-order valence-electron chi connectivity index (χ1n) is 6.36. The van der Waals surface area contributed by atoms with Crippen molar-refractivity contribution in [2.75, 3.05) is 0 Å². The Bertz CT molecular complexity index is 708. The smallest absolute Gasteiger partial charge is 0.144 e. The van der Waals surface area contributed by atoms with Crippen molar-refractivity contribution in [2.45, 2.75) is 19.4 Å². The molecule has 2 heteroatoms. The van der Waals surface area contributed by atoms with Crippen LogP contribution in [0.25, 0.3) is 11.0 Å². The van der Waals surface area contributed by atoms with E-state index in [0.29, 0.717) is 5.76 Å². The Morgan fingerprint density at radius 3 is 2.47 bits per heavy atom. The van der Waals surface area contributed by atoms with Gasteiger partial charge in [-0.05, 0) is 37.6 Å². The summed E-state index contributed by atoms with van der Waals surface area (Å²) >= 11 is 0. The fourth-order valence-corrected chi connectivity index (χ4v) is 2.31. The first-order chi connectivity index (χ1) is 9.07. The van der Waals surface area contributed by atoms with E-state index in [4.69, 9.17) is 4.42 Å². The van der Waals surface area contributed by atoms with Gasteiger partial charge in [-0.1, -0.05) is 42.0 Å². The van der Waals surface area contributed by atoms with Gasteiger partial charge in [0.15, 0.2) is 0 Å². The molecule has 0 spiro atoms. The summed E-state index contributed by atoms with van der Waals surface area (Å²) in [5.74, 6) is 0.569. The van der Waals surface area contributed by atoms with E-state index >= 15 is 0 Å². The number of hydrogen-bond acceptors (Lipinski definition) is 2. The maximum atomic E-state index is 10.7. The van der Waals surface area contributed by atoms with Crippen molar-refractivity contribution in [3.8, 4) is 0 Å². The minimum Gasteiger partial charge on any atom is -0.458 e. The zero-order valence-corrected chi connectivity index (χ0v) is 11.1. The fraction of sp³-hybridized carbons (Fsp3) is 0.176. The minimum absolute atomic E-state index is 0.569. The van der Waals surface area contributed by atoms with Crippen LogP contribution in [0.15, 0.2) is 59.0 Å². The quantitative estimate of drug-likeness (QED) is 0.748. The lowest BCUT2D eigenvalue weighted by Crippen LogP contribution is -2.21. The Hall–Kier alpha value is -2.06. The van der Waals surface area contributed by atoms with Crippen LogP contribution in [0.5, 0.6) is 0 Å². The molecule has 96 valence electrons. The molecule has 3 rings (SSSR count). The lowest BCUT2D eigenvalue weighted by molar-refractivity contribution is 0.0786. The molecular weight excluding hydrogens is 236 g/mol. The van der Waals surface area contributed by atoms with Crippen LogP contribution < -0.4 is 0 Å². The number of furan rings is 1. The third-order valence-corrected chi connectivity index (χ3v) is 3.49. The second-order valence-electron chi connectivity index (χ2n) is 5.09. The number of hydrogen-bond donors (Lipinski definition) is 1. The van der Waals surface area contributed by atoms with Gasteiger partial charge < -0.3 is 9.52 Å². The molecule has 3 aromatic rings. The number of aliphatic hydroxyl groups is 1. The van der Waals surface area contributed by atoms with Crippen molar-refractivity contribution in [1.29, 1.82) is 0 Å². The van der Waals surface area contributed by atoms with Gasteiger partial charge in [-0.15, -0.1) is 0 Å². The van der Waals surface area contributed by atoms with Crippen molar-refractivity contribution >= 4 is 11.0 Å². The van der Waals surface area contributed by atoms with E-state index in [0.717, 1.165) is 16.5 Å². The number of rotatable bonds is 2. The summed E-state index contributed by atoms with van der Waals surface area (Å²) in [5.41, 5.74) is 1.69. The number of benzene rings is 2. The molecular formula is C17H16O2. The molecule has 1 aromatic heterocycles. The molecule has 0 radical (unpaired) electrons. The Morgan fingerprint density at radius 2 is 1.74 bits per heavy atom. The predicted molar refractivity (Wildman–Crippen MR) is 76.1 cm³/mol. The Balaban J connectivity index is 2.13. The minimum atomic E-state index is -1.12. The van der Waals surface area contributed by atoms with Gasteiger partial charge in [0.1, 0.15) is 16.9 Å². The van der Waals surface area contributed by atoms with E-state index in [1.54, 1.807) is 6.92 Å². The molecule has 2 aromatic carbocycles. The monoisotopic (exact) mass is 252 g/mol. The maximum absolute atomic E-state index is 10.7. The number of fused-ring (bicyclic) bond motifs is 1. The topological polar surface area (TPSA) is 33.4 Å². The second kappa shape index (κ2) is 4.25. The molecule has 2 nitrogen and oxygen atoms in total. The van der Waals surface area contributed by atoms with Gasteiger partial charge in [-0.3, -0.25) is 0 Å². The molecule has 1 atom stereocenters. The molecule has 0 aliphatic heterocycles. The van der Waals surface area contributed by atoms with Crippen LogP contribution in [-0.2, 0) is 5.60 Å². The van der Waals surface area contributed by atoms with Crippen molar-refractivity contribution in [1.82, 2.24) is 0 Å². The normalized spacial score (nSPS) is 14.5. The zero-order chi connectivity index (χ0) is 13.5. The molecule has 0 fully saturated rings. The van der Waals surface area contributed by atoms with E-state index in [-0.39, 0.29) is 0 Å². The summed E-state index contributed by atoms with van der Waals surface area (Å²) in [5, 5.41) is 11.8. The van der Waals surface area contributed by atoms with Crippen molar-refractivity contribution in [3.05, 3.63) is 71.5 Å². The van der Waals surface area contributed by atoms with Gasteiger partial charge in [0.05, 0.1) is 0 Å². The highest BCUT2D eigenvalue weighted by atomic mass is 16.4. The second-order valence-corrected chi connectivity index (χ2v) is 5.09. The van der Waals surface area contributed by atoms with Crippen LogP contribution in [-0.4, -0.2) is 5.11 Å². The molecule has 0 aliphatic carbocycles. The maximum Gasteiger partial charge on any atom is 0.144 e. The van der Waals surface area contributed by atoms with Gasteiger partial charge in [0.2, 0.25) is 0 Å². The van der Waals surface area contributed by atoms with Crippen LogP contribution in [0.4, 0.5) is 0 Å². The molecule has 0 saturated heterocycles. The lowest BCUT2D eigenvalue weighted by Gasteiger charge is -2.20. The molecule has 19 heavy (non-hydrogen) atoms. The standard InChI is InChI=1S/C17H16O2/c1-12-8-9-15-13(10-12)11-16(19-15)17(2,18)14-6-4-3-5-7-14/h3-11,18H,1-2H3. The lowest BCUT2D eigenvalue weighted by atomic mass is 9.93. The van der Waals surface area contributed by atoms with Gasteiger partial charge in [0.25, 0.3) is 0 Å². The van der Waals surface area contributed by atoms with Crippen LogP contribution in [0.3, 0.4) is 0 Å². The molecule has 0 bridgehead atoms. The highest BCUT2D eigenvalue weighted by Gasteiger charge is 2.29. The van der Waals surface area contributed by atoms with Gasteiger partial charge >= 0.3 is 0 Å². The van der Waals surface area contributed by atoms with Crippen LogP contribution in [0.1, 0.15) is 23.8 Å². The average Bonchev–Trinajstić information content (AvgIpc) is 2.83. The summed E-state index contributed by atoms with van der Waals surface area (Å²) in [6.45, 7) is 3.80. The summed E-state index contributed by atoms with van der Waals surface area (Å²) in [6.07, 6.45) is 0. The van der Waals surface area contributed by atoms with E-state index in [1.165, 1.54) is 5.56 Å². The van der Waals surface area contributed by atoms with E-state index in [2.05, 4.69) is 6.07 Å². The summed E-state index contributed by atoms with van der Waals surface area (Å²) in [6, 6.07) is 17.5. The first-order valence-corrected chi connectivity index (χ1v) is 6.36. The third kappa shape index (κ3) is 2.04. The van der Waals surface area contributed by atoms with Crippen molar-refractivity contribution < 1.29 is 9.52 Å². The fourth-order valence-electron chi connectivity index (χ4n) is 2.31.